The Morgan fingerprint density at radius 1 is 1.47 bits per heavy atom. The quantitative estimate of drug-likeness (QED) is 0.737. The van der Waals surface area contributed by atoms with Gasteiger partial charge in [-0.3, -0.25) is 4.79 Å². The zero-order valence-electron chi connectivity index (χ0n) is 9.64. The summed E-state index contributed by atoms with van der Waals surface area (Å²) < 4.78 is 0. The van der Waals surface area contributed by atoms with Crippen molar-refractivity contribution in [2.24, 2.45) is 5.41 Å². The van der Waals surface area contributed by atoms with Crippen molar-refractivity contribution in [3.8, 4) is 0 Å². The van der Waals surface area contributed by atoms with Crippen molar-refractivity contribution in [3.63, 3.8) is 0 Å². The predicted molar refractivity (Wildman–Crippen MR) is 60.6 cm³/mol. The first-order valence-electron chi connectivity index (χ1n) is 6.27. The van der Waals surface area contributed by atoms with Gasteiger partial charge in [0.25, 0.3) is 0 Å². The van der Waals surface area contributed by atoms with Gasteiger partial charge < -0.3 is 10.6 Å². The lowest BCUT2D eigenvalue weighted by Crippen LogP contribution is -2.47. The number of carbonyl (C=O) groups is 1. The minimum absolute atomic E-state index is 0.0824. The molecule has 1 heterocycles. The van der Waals surface area contributed by atoms with Crippen LogP contribution in [0.2, 0.25) is 0 Å². The van der Waals surface area contributed by atoms with Crippen molar-refractivity contribution in [1.82, 2.24) is 10.6 Å². The summed E-state index contributed by atoms with van der Waals surface area (Å²) in [6, 6.07) is 0.0824. The maximum atomic E-state index is 11.8. The molecule has 3 heteroatoms. The molecule has 86 valence electrons. The number of hydrogen-bond donors (Lipinski definition) is 2. The average molecular weight is 210 g/mol. The van der Waals surface area contributed by atoms with Crippen LogP contribution in [0.3, 0.4) is 0 Å². The van der Waals surface area contributed by atoms with Crippen LogP contribution >= 0.6 is 0 Å². The second-order valence-corrected chi connectivity index (χ2v) is 5.07. The number of rotatable bonds is 4. The minimum Gasteiger partial charge on any atom is -0.354 e. The van der Waals surface area contributed by atoms with Gasteiger partial charge in [0, 0.05) is 6.54 Å². The molecule has 0 bridgehead atoms. The molecule has 1 amide bonds. The molecule has 0 unspecified atom stereocenters. The maximum absolute atomic E-state index is 11.8. The van der Waals surface area contributed by atoms with E-state index in [4.69, 9.17) is 0 Å². The summed E-state index contributed by atoms with van der Waals surface area (Å²) in [4.78, 5) is 11.8. The Balaban J connectivity index is 1.74. The highest BCUT2D eigenvalue weighted by atomic mass is 16.2. The molecule has 1 aliphatic carbocycles. The number of carbonyl (C=O) groups excluding carboxylic acids is 1. The molecule has 2 N–H and O–H groups in total. The van der Waals surface area contributed by atoms with Crippen LogP contribution < -0.4 is 10.6 Å². The van der Waals surface area contributed by atoms with Crippen LogP contribution in [0.5, 0.6) is 0 Å². The molecule has 1 saturated carbocycles. The van der Waals surface area contributed by atoms with Gasteiger partial charge in [-0.1, -0.05) is 13.3 Å². The molecule has 0 radical (unpaired) electrons. The van der Waals surface area contributed by atoms with E-state index in [1.54, 1.807) is 0 Å². The summed E-state index contributed by atoms with van der Waals surface area (Å²) in [5.41, 5.74) is 0.439. The lowest BCUT2D eigenvalue weighted by Gasteiger charge is -2.41. The van der Waals surface area contributed by atoms with Crippen LogP contribution in [0.25, 0.3) is 0 Å². The molecule has 15 heavy (non-hydrogen) atoms. The van der Waals surface area contributed by atoms with Gasteiger partial charge in [-0.2, -0.15) is 0 Å². The molecule has 1 aliphatic heterocycles. The first-order chi connectivity index (χ1) is 7.26. The summed E-state index contributed by atoms with van der Waals surface area (Å²) in [5, 5.41) is 6.35. The number of hydrogen-bond acceptors (Lipinski definition) is 2. The van der Waals surface area contributed by atoms with Gasteiger partial charge in [0.05, 0.1) is 6.04 Å². The molecule has 0 aromatic carbocycles. The number of amides is 1. The maximum Gasteiger partial charge on any atom is 0.237 e. The second kappa shape index (κ2) is 4.52. The monoisotopic (exact) mass is 210 g/mol. The number of nitrogens with one attached hydrogen (secondary N) is 2. The summed E-state index contributed by atoms with van der Waals surface area (Å²) >= 11 is 0. The lowest BCUT2D eigenvalue weighted by molar-refractivity contribution is -0.123. The van der Waals surface area contributed by atoms with Crippen LogP contribution in [0, 0.1) is 5.41 Å². The molecule has 0 spiro atoms. The van der Waals surface area contributed by atoms with Crippen molar-refractivity contribution >= 4 is 5.91 Å². The topological polar surface area (TPSA) is 41.1 Å². The Morgan fingerprint density at radius 2 is 2.27 bits per heavy atom. The molecular weight excluding hydrogens is 188 g/mol. The van der Waals surface area contributed by atoms with Crippen LogP contribution in [-0.4, -0.2) is 25.0 Å². The summed E-state index contributed by atoms with van der Waals surface area (Å²) in [7, 11) is 0. The van der Waals surface area contributed by atoms with E-state index in [2.05, 4.69) is 17.6 Å². The van der Waals surface area contributed by atoms with E-state index in [1.165, 1.54) is 25.7 Å². The predicted octanol–water partition coefficient (Wildman–Crippen LogP) is 1.43. The lowest BCUT2D eigenvalue weighted by atomic mass is 9.67. The minimum atomic E-state index is 0.0824. The summed E-state index contributed by atoms with van der Waals surface area (Å²) in [6.07, 6.45) is 7.27. The van der Waals surface area contributed by atoms with Gasteiger partial charge in [0.2, 0.25) is 5.91 Å². The SMILES string of the molecule is CCC1(CNC(=O)[C@@H]2CCCN2)CCC1. The van der Waals surface area contributed by atoms with Gasteiger partial charge in [-0.25, -0.2) is 0 Å². The van der Waals surface area contributed by atoms with Crippen LogP contribution in [0.4, 0.5) is 0 Å². The molecule has 2 aliphatic rings. The zero-order chi connectivity index (χ0) is 10.7. The second-order valence-electron chi connectivity index (χ2n) is 5.07. The first-order valence-corrected chi connectivity index (χ1v) is 6.27. The van der Waals surface area contributed by atoms with Crippen molar-refractivity contribution in [2.75, 3.05) is 13.1 Å². The molecule has 0 aromatic rings. The van der Waals surface area contributed by atoms with Crippen molar-refractivity contribution in [3.05, 3.63) is 0 Å². The van der Waals surface area contributed by atoms with E-state index in [9.17, 15) is 4.79 Å². The fourth-order valence-electron chi connectivity index (χ4n) is 2.64. The van der Waals surface area contributed by atoms with Gasteiger partial charge >= 0.3 is 0 Å². The van der Waals surface area contributed by atoms with E-state index in [0.717, 1.165) is 25.9 Å². The Morgan fingerprint density at radius 3 is 2.73 bits per heavy atom. The standard InChI is InChI=1S/C12H22N2O/c1-2-12(6-4-7-12)9-14-11(15)10-5-3-8-13-10/h10,13H,2-9H2,1H3,(H,14,15)/t10-/m0/s1. The Bertz CT molecular complexity index is 224. The van der Waals surface area contributed by atoms with Crippen LogP contribution in [0.15, 0.2) is 0 Å². The van der Waals surface area contributed by atoms with Gasteiger partial charge in [0.1, 0.15) is 0 Å². The summed E-state index contributed by atoms with van der Waals surface area (Å²) in [6.45, 7) is 4.12. The molecular formula is C12H22N2O. The van der Waals surface area contributed by atoms with Crippen molar-refractivity contribution < 1.29 is 4.79 Å². The average Bonchev–Trinajstić information content (AvgIpc) is 2.69. The summed E-state index contributed by atoms with van der Waals surface area (Å²) in [5.74, 6) is 0.215. The first kappa shape index (κ1) is 10.9. The fraction of sp³-hybridized carbons (Fsp3) is 0.917. The largest absolute Gasteiger partial charge is 0.354 e. The molecule has 0 aromatic heterocycles. The van der Waals surface area contributed by atoms with Gasteiger partial charge in [-0.15, -0.1) is 0 Å². The van der Waals surface area contributed by atoms with E-state index < -0.39 is 0 Å². The Kier molecular flexibility index (Phi) is 3.29. The molecule has 1 saturated heterocycles. The van der Waals surface area contributed by atoms with E-state index in [1.807, 2.05) is 0 Å². The normalized spacial score (nSPS) is 28.5. The highest BCUT2D eigenvalue weighted by Gasteiger charge is 2.35. The van der Waals surface area contributed by atoms with Crippen LogP contribution in [0.1, 0.15) is 45.4 Å². The Hall–Kier alpha value is -0.570. The van der Waals surface area contributed by atoms with E-state index in [0.29, 0.717) is 5.41 Å². The van der Waals surface area contributed by atoms with Gasteiger partial charge in [0.15, 0.2) is 0 Å². The molecule has 1 atom stereocenters. The molecule has 2 fully saturated rings. The van der Waals surface area contributed by atoms with Crippen LogP contribution in [-0.2, 0) is 4.79 Å². The third kappa shape index (κ3) is 2.33. The zero-order valence-corrected chi connectivity index (χ0v) is 9.64. The van der Waals surface area contributed by atoms with Crippen molar-refractivity contribution in [2.45, 2.75) is 51.5 Å². The smallest absolute Gasteiger partial charge is 0.237 e. The van der Waals surface area contributed by atoms with E-state index in [-0.39, 0.29) is 11.9 Å². The van der Waals surface area contributed by atoms with Crippen molar-refractivity contribution in [1.29, 1.82) is 0 Å². The van der Waals surface area contributed by atoms with Gasteiger partial charge in [-0.05, 0) is 44.1 Å². The third-order valence-electron chi connectivity index (χ3n) is 4.18. The Labute approximate surface area is 92.0 Å². The molecule has 3 nitrogen and oxygen atoms in total. The van der Waals surface area contributed by atoms with E-state index >= 15 is 0 Å². The fourth-order valence-corrected chi connectivity index (χ4v) is 2.64. The molecule has 2 rings (SSSR count). The third-order valence-corrected chi connectivity index (χ3v) is 4.18. The highest BCUT2D eigenvalue weighted by molar-refractivity contribution is 5.82. The highest BCUT2D eigenvalue weighted by Crippen LogP contribution is 2.43.